The molecule has 1 aromatic rings. The first-order valence-electron chi connectivity index (χ1n) is 8.20. The van der Waals surface area contributed by atoms with E-state index in [0.717, 1.165) is 33.1 Å². The van der Waals surface area contributed by atoms with Crippen molar-refractivity contribution in [2.75, 3.05) is 18.9 Å². The normalized spacial score (nSPS) is 19.6. The standard InChI is InChI=1S/C17H19Br2N3O3/c1-21-16(25)22(15(24)17(21)7-3-2-4-8-17)10-14(23)20-13-6-5-11(18)9-12(13)19/h5-6,9H,2-4,7-8,10H2,1H3,(H,20,23). The topological polar surface area (TPSA) is 69.7 Å². The minimum atomic E-state index is -0.756. The first-order valence-corrected chi connectivity index (χ1v) is 9.78. The van der Waals surface area contributed by atoms with Gasteiger partial charge in [0.15, 0.2) is 0 Å². The Morgan fingerprint density at radius 1 is 1.20 bits per heavy atom. The number of benzene rings is 1. The molecular weight excluding hydrogens is 454 g/mol. The highest BCUT2D eigenvalue weighted by Gasteiger charge is 2.55. The predicted octanol–water partition coefficient (Wildman–Crippen LogP) is 3.75. The van der Waals surface area contributed by atoms with E-state index in [9.17, 15) is 14.4 Å². The maximum atomic E-state index is 12.9. The van der Waals surface area contributed by atoms with Crippen LogP contribution in [0.3, 0.4) is 0 Å². The summed E-state index contributed by atoms with van der Waals surface area (Å²) in [6, 6.07) is 4.97. The van der Waals surface area contributed by atoms with Gasteiger partial charge in [-0.05, 0) is 47.0 Å². The molecule has 134 valence electrons. The number of halogens is 2. The number of hydrogen-bond donors (Lipinski definition) is 1. The van der Waals surface area contributed by atoms with Gasteiger partial charge in [-0.1, -0.05) is 35.2 Å². The number of amides is 4. The maximum absolute atomic E-state index is 12.9. The minimum Gasteiger partial charge on any atom is -0.323 e. The molecule has 1 heterocycles. The molecule has 1 saturated carbocycles. The molecule has 0 aromatic heterocycles. The third kappa shape index (κ3) is 3.33. The van der Waals surface area contributed by atoms with Crippen molar-refractivity contribution in [3.8, 4) is 0 Å². The fourth-order valence-corrected chi connectivity index (χ4v) is 4.74. The minimum absolute atomic E-state index is 0.246. The predicted molar refractivity (Wildman–Crippen MR) is 101 cm³/mol. The molecule has 1 spiro atoms. The highest BCUT2D eigenvalue weighted by atomic mass is 79.9. The third-order valence-corrected chi connectivity index (χ3v) is 6.14. The summed E-state index contributed by atoms with van der Waals surface area (Å²) < 4.78 is 1.60. The van der Waals surface area contributed by atoms with Gasteiger partial charge < -0.3 is 10.2 Å². The summed E-state index contributed by atoms with van der Waals surface area (Å²) in [5.74, 6) is -0.643. The van der Waals surface area contributed by atoms with E-state index in [0.29, 0.717) is 18.5 Å². The number of urea groups is 1. The third-order valence-electron chi connectivity index (χ3n) is 4.99. The van der Waals surface area contributed by atoms with Crippen molar-refractivity contribution in [1.29, 1.82) is 0 Å². The monoisotopic (exact) mass is 471 g/mol. The van der Waals surface area contributed by atoms with Crippen LogP contribution >= 0.6 is 31.9 Å². The summed E-state index contributed by atoms with van der Waals surface area (Å²) >= 11 is 6.73. The molecule has 0 bridgehead atoms. The van der Waals surface area contributed by atoms with Crippen molar-refractivity contribution >= 4 is 55.4 Å². The Balaban J connectivity index is 1.72. The van der Waals surface area contributed by atoms with E-state index in [1.807, 2.05) is 6.07 Å². The molecule has 3 rings (SSSR count). The van der Waals surface area contributed by atoms with E-state index in [4.69, 9.17) is 0 Å². The van der Waals surface area contributed by atoms with E-state index >= 15 is 0 Å². The van der Waals surface area contributed by atoms with Crippen LogP contribution in [0.15, 0.2) is 27.1 Å². The Hall–Kier alpha value is -1.41. The Morgan fingerprint density at radius 3 is 2.52 bits per heavy atom. The Morgan fingerprint density at radius 2 is 1.88 bits per heavy atom. The van der Waals surface area contributed by atoms with Crippen LogP contribution < -0.4 is 5.32 Å². The molecule has 0 atom stereocenters. The van der Waals surface area contributed by atoms with Crippen molar-refractivity contribution in [3.63, 3.8) is 0 Å². The molecule has 25 heavy (non-hydrogen) atoms. The summed E-state index contributed by atoms with van der Waals surface area (Å²) in [7, 11) is 1.66. The number of rotatable bonds is 3. The molecule has 6 nitrogen and oxygen atoms in total. The van der Waals surface area contributed by atoms with Crippen molar-refractivity contribution in [1.82, 2.24) is 9.80 Å². The van der Waals surface area contributed by atoms with Crippen LogP contribution in [0.4, 0.5) is 10.5 Å². The summed E-state index contributed by atoms with van der Waals surface area (Å²) in [4.78, 5) is 40.4. The van der Waals surface area contributed by atoms with Crippen LogP contribution in [0.25, 0.3) is 0 Å². The van der Waals surface area contributed by atoms with E-state index in [-0.39, 0.29) is 12.5 Å². The van der Waals surface area contributed by atoms with Gasteiger partial charge in [0, 0.05) is 16.0 Å². The molecule has 0 radical (unpaired) electrons. The summed E-state index contributed by atoms with van der Waals surface area (Å²) in [5.41, 5.74) is -0.165. The molecular formula is C17H19Br2N3O3. The van der Waals surface area contributed by atoms with Gasteiger partial charge in [0.25, 0.3) is 5.91 Å². The highest BCUT2D eigenvalue weighted by molar-refractivity contribution is 9.11. The van der Waals surface area contributed by atoms with Gasteiger partial charge in [-0.25, -0.2) is 4.79 Å². The van der Waals surface area contributed by atoms with E-state index < -0.39 is 17.5 Å². The lowest BCUT2D eigenvalue weighted by Gasteiger charge is -2.35. The number of imide groups is 1. The Labute approximate surface area is 163 Å². The average Bonchev–Trinajstić information content (AvgIpc) is 2.75. The molecule has 4 amide bonds. The Kier molecular flexibility index (Phi) is 5.20. The second-order valence-electron chi connectivity index (χ2n) is 6.50. The quantitative estimate of drug-likeness (QED) is 0.681. The lowest BCUT2D eigenvalue weighted by molar-refractivity contribution is -0.136. The zero-order valence-electron chi connectivity index (χ0n) is 13.8. The SMILES string of the molecule is CN1C(=O)N(CC(=O)Nc2ccc(Br)cc2Br)C(=O)C12CCCCC2. The van der Waals surface area contributed by atoms with E-state index in [1.54, 1.807) is 19.2 Å². The number of carbonyl (C=O) groups excluding carboxylic acids is 3. The fourth-order valence-electron chi connectivity index (χ4n) is 3.60. The highest BCUT2D eigenvalue weighted by Crippen LogP contribution is 2.39. The molecule has 1 aliphatic heterocycles. The molecule has 8 heteroatoms. The molecule has 1 aromatic carbocycles. The second kappa shape index (κ2) is 7.07. The molecule has 1 aliphatic carbocycles. The van der Waals surface area contributed by atoms with Crippen LogP contribution in [0.5, 0.6) is 0 Å². The van der Waals surface area contributed by atoms with Gasteiger partial charge in [0.2, 0.25) is 5.91 Å². The summed E-state index contributed by atoms with van der Waals surface area (Å²) in [6.45, 7) is -0.272. The second-order valence-corrected chi connectivity index (χ2v) is 8.27. The number of hydrogen-bond acceptors (Lipinski definition) is 3. The van der Waals surface area contributed by atoms with Crippen molar-refractivity contribution in [3.05, 3.63) is 27.1 Å². The van der Waals surface area contributed by atoms with Gasteiger partial charge in [-0.2, -0.15) is 0 Å². The number of likely N-dealkylation sites (N-methyl/N-ethyl adjacent to an activating group) is 1. The smallest absolute Gasteiger partial charge is 0.323 e. The first kappa shape index (κ1) is 18.4. The van der Waals surface area contributed by atoms with Crippen molar-refractivity contribution in [2.45, 2.75) is 37.6 Å². The number of anilines is 1. The van der Waals surface area contributed by atoms with Crippen LogP contribution in [-0.4, -0.2) is 46.8 Å². The van der Waals surface area contributed by atoms with Crippen molar-refractivity contribution < 1.29 is 14.4 Å². The molecule has 1 N–H and O–H groups in total. The lowest BCUT2D eigenvalue weighted by atomic mass is 9.81. The fraction of sp³-hybridized carbons (Fsp3) is 0.471. The largest absolute Gasteiger partial charge is 0.327 e. The zero-order chi connectivity index (χ0) is 18.2. The molecule has 0 unspecified atom stereocenters. The number of carbonyl (C=O) groups is 3. The van der Waals surface area contributed by atoms with E-state index in [1.165, 1.54) is 4.90 Å². The number of nitrogens with zero attached hydrogens (tertiary/aromatic N) is 2. The van der Waals surface area contributed by atoms with E-state index in [2.05, 4.69) is 37.2 Å². The van der Waals surface area contributed by atoms with Gasteiger partial charge >= 0.3 is 6.03 Å². The summed E-state index contributed by atoms with van der Waals surface area (Å²) in [5, 5.41) is 2.74. The van der Waals surface area contributed by atoms with Gasteiger partial charge in [-0.3, -0.25) is 14.5 Å². The summed E-state index contributed by atoms with van der Waals surface area (Å²) in [6.07, 6.45) is 4.27. The average molecular weight is 473 g/mol. The van der Waals surface area contributed by atoms with Gasteiger partial charge in [0.1, 0.15) is 12.1 Å². The van der Waals surface area contributed by atoms with Crippen molar-refractivity contribution in [2.24, 2.45) is 0 Å². The Bertz CT molecular complexity index is 732. The van der Waals surface area contributed by atoms with Crippen LogP contribution in [0.1, 0.15) is 32.1 Å². The van der Waals surface area contributed by atoms with Gasteiger partial charge in [0.05, 0.1) is 5.69 Å². The number of nitrogens with one attached hydrogen (secondary N) is 1. The van der Waals surface area contributed by atoms with Crippen LogP contribution in [0, 0.1) is 0 Å². The van der Waals surface area contributed by atoms with Crippen LogP contribution in [-0.2, 0) is 9.59 Å². The van der Waals surface area contributed by atoms with Crippen LogP contribution in [0.2, 0.25) is 0 Å². The lowest BCUT2D eigenvalue weighted by Crippen LogP contribution is -2.49. The molecule has 2 fully saturated rings. The van der Waals surface area contributed by atoms with Gasteiger partial charge in [-0.15, -0.1) is 0 Å². The molecule has 1 saturated heterocycles. The zero-order valence-corrected chi connectivity index (χ0v) is 17.0. The maximum Gasteiger partial charge on any atom is 0.327 e. The first-order chi connectivity index (χ1) is 11.8. The molecule has 2 aliphatic rings.